The van der Waals surface area contributed by atoms with Crippen LogP contribution in [0.2, 0.25) is 0 Å². The molecule has 2 amide bonds. The summed E-state index contributed by atoms with van der Waals surface area (Å²) >= 11 is 1.40. The molecule has 184 valence electrons. The molecule has 1 fully saturated rings. The second-order valence-corrected chi connectivity index (χ2v) is 9.51. The number of rotatable bonds is 8. The minimum atomic E-state index is -0.286. The Morgan fingerprint density at radius 2 is 1.86 bits per heavy atom. The summed E-state index contributed by atoms with van der Waals surface area (Å²) in [4.78, 5) is 32.4. The molecule has 2 aromatic heterocycles. The van der Waals surface area contributed by atoms with E-state index < -0.39 is 0 Å². The summed E-state index contributed by atoms with van der Waals surface area (Å²) in [5, 5.41) is 10.6. The molecule has 3 aromatic rings. The number of halogens is 1. The summed E-state index contributed by atoms with van der Waals surface area (Å²) in [6.45, 7) is 5.37. The summed E-state index contributed by atoms with van der Waals surface area (Å²) in [6.07, 6.45) is 2.63. The molecule has 0 unspecified atom stereocenters. The standard InChI is InChI=1S/C26H30FN5O2S/c1-2-3-13-32(26(34)23-6-4-18-35-23)19-25(33)31-15-5-14-30(16-17-31)24-12-11-22(28-29-24)20-7-9-21(27)10-8-20/h4,6-12,18H,2-3,5,13-17,19H2,1H3. The maximum atomic E-state index is 13.2. The highest BCUT2D eigenvalue weighted by Gasteiger charge is 2.25. The van der Waals surface area contributed by atoms with Crippen LogP contribution in [-0.4, -0.2) is 71.1 Å². The highest BCUT2D eigenvalue weighted by molar-refractivity contribution is 7.12. The topological polar surface area (TPSA) is 69.6 Å². The van der Waals surface area contributed by atoms with Crippen LogP contribution in [0.15, 0.2) is 53.9 Å². The van der Waals surface area contributed by atoms with Gasteiger partial charge in [0.25, 0.3) is 5.91 Å². The zero-order chi connectivity index (χ0) is 24.6. The molecule has 3 heterocycles. The molecule has 0 atom stereocenters. The highest BCUT2D eigenvalue weighted by Crippen LogP contribution is 2.20. The molecule has 35 heavy (non-hydrogen) atoms. The van der Waals surface area contributed by atoms with Crippen molar-refractivity contribution in [3.63, 3.8) is 0 Å². The monoisotopic (exact) mass is 495 g/mol. The number of hydrogen-bond donors (Lipinski definition) is 0. The third-order valence-electron chi connectivity index (χ3n) is 6.09. The third-order valence-corrected chi connectivity index (χ3v) is 6.95. The quantitative estimate of drug-likeness (QED) is 0.465. The van der Waals surface area contributed by atoms with Crippen LogP contribution >= 0.6 is 11.3 Å². The second kappa shape index (κ2) is 11.9. The minimum absolute atomic E-state index is 0.0226. The van der Waals surface area contributed by atoms with Gasteiger partial charge in [-0.1, -0.05) is 19.4 Å². The van der Waals surface area contributed by atoms with E-state index in [0.29, 0.717) is 36.8 Å². The lowest BCUT2D eigenvalue weighted by Gasteiger charge is -2.27. The van der Waals surface area contributed by atoms with Gasteiger partial charge in [-0.25, -0.2) is 4.39 Å². The van der Waals surface area contributed by atoms with Crippen LogP contribution in [0.4, 0.5) is 10.2 Å². The predicted molar refractivity (Wildman–Crippen MR) is 136 cm³/mol. The summed E-state index contributed by atoms with van der Waals surface area (Å²) < 4.78 is 13.2. The Morgan fingerprint density at radius 3 is 2.54 bits per heavy atom. The third kappa shape index (κ3) is 6.42. The molecule has 0 N–H and O–H groups in total. The molecule has 1 aliphatic rings. The lowest BCUT2D eigenvalue weighted by molar-refractivity contribution is -0.131. The second-order valence-electron chi connectivity index (χ2n) is 8.56. The van der Waals surface area contributed by atoms with Crippen LogP contribution in [0.3, 0.4) is 0 Å². The average Bonchev–Trinajstić information content (AvgIpc) is 3.31. The van der Waals surface area contributed by atoms with E-state index in [2.05, 4.69) is 22.0 Å². The van der Waals surface area contributed by atoms with Gasteiger partial charge in [-0.2, -0.15) is 0 Å². The van der Waals surface area contributed by atoms with E-state index in [0.717, 1.165) is 37.2 Å². The van der Waals surface area contributed by atoms with E-state index in [-0.39, 0.29) is 24.2 Å². The first-order chi connectivity index (χ1) is 17.0. The Balaban J connectivity index is 1.36. The van der Waals surface area contributed by atoms with Crippen molar-refractivity contribution < 1.29 is 14.0 Å². The molecule has 0 bridgehead atoms. The Kier molecular flexibility index (Phi) is 8.41. The summed E-state index contributed by atoms with van der Waals surface area (Å²) in [5.74, 6) is 0.370. The van der Waals surface area contributed by atoms with Gasteiger partial charge in [-0.3, -0.25) is 9.59 Å². The first kappa shape index (κ1) is 24.8. The first-order valence-electron chi connectivity index (χ1n) is 12.0. The van der Waals surface area contributed by atoms with Crippen molar-refractivity contribution in [2.75, 3.05) is 44.2 Å². The van der Waals surface area contributed by atoms with E-state index in [1.807, 2.05) is 34.5 Å². The summed E-state index contributed by atoms with van der Waals surface area (Å²) in [7, 11) is 0. The van der Waals surface area contributed by atoms with Gasteiger partial charge >= 0.3 is 0 Å². The first-order valence-corrected chi connectivity index (χ1v) is 12.9. The van der Waals surface area contributed by atoms with Crippen molar-refractivity contribution in [1.82, 2.24) is 20.0 Å². The van der Waals surface area contributed by atoms with E-state index >= 15 is 0 Å². The number of unbranched alkanes of at least 4 members (excludes halogenated alkanes) is 1. The highest BCUT2D eigenvalue weighted by atomic mass is 32.1. The number of carbonyl (C=O) groups is 2. The van der Waals surface area contributed by atoms with E-state index in [1.165, 1.54) is 23.5 Å². The molecule has 4 rings (SSSR count). The summed E-state index contributed by atoms with van der Waals surface area (Å²) in [6, 6.07) is 13.6. The van der Waals surface area contributed by atoms with Crippen LogP contribution in [0.25, 0.3) is 11.3 Å². The number of hydrogen-bond acceptors (Lipinski definition) is 6. The Hall–Kier alpha value is -3.33. The smallest absolute Gasteiger partial charge is 0.264 e. The molecule has 0 saturated carbocycles. The molecular weight excluding hydrogens is 465 g/mol. The van der Waals surface area contributed by atoms with Gasteiger partial charge in [-0.15, -0.1) is 21.5 Å². The number of anilines is 1. The zero-order valence-electron chi connectivity index (χ0n) is 19.9. The Labute approximate surface area is 209 Å². The van der Waals surface area contributed by atoms with E-state index in [4.69, 9.17) is 0 Å². The largest absolute Gasteiger partial charge is 0.353 e. The van der Waals surface area contributed by atoms with Crippen molar-refractivity contribution in [1.29, 1.82) is 0 Å². The molecule has 1 aromatic carbocycles. The number of carbonyl (C=O) groups excluding carboxylic acids is 2. The van der Waals surface area contributed by atoms with Gasteiger partial charge in [0.1, 0.15) is 12.4 Å². The van der Waals surface area contributed by atoms with Gasteiger partial charge in [0.05, 0.1) is 10.6 Å². The number of thiophene rings is 1. The van der Waals surface area contributed by atoms with Crippen molar-refractivity contribution in [2.45, 2.75) is 26.2 Å². The molecule has 1 aliphatic heterocycles. The average molecular weight is 496 g/mol. The fourth-order valence-corrected chi connectivity index (χ4v) is 4.78. The van der Waals surface area contributed by atoms with Crippen LogP contribution in [0.1, 0.15) is 35.9 Å². The molecule has 1 saturated heterocycles. The van der Waals surface area contributed by atoms with Crippen molar-refractivity contribution in [3.05, 3.63) is 64.6 Å². The number of benzene rings is 1. The van der Waals surface area contributed by atoms with Crippen LogP contribution in [0.5, 0.6) is 0 Å². The lowest BCUT2D eigenvalue weighted by Crippen LogP contribution is -2.44. The minimum Gasteiger partial charge on any atom is -0.353 e. The fraction of sp³-hybridized carbons (Fsp3) is 0.385. The van der Waals surface area contributed by atoms with Gasteiger partial charge in [0.15, 0.2) is 5.82 Å². The van der Waals surface area contributed by atoms with Crippen LogP contribution in [-0.2, 0) is 4.79 Å². The van der Waals surface area contributed by atoms with Crippen LogP contribution < -0.4 is 4.90 Å². The maximum absolute atomic E-state index is 13.2. The maximum Gasteiger partial charge on any atom is 0.264 e. The van der Waals surface area contributed by atoms with Crippen molar-refractivity contribution in [2.24, 2.45) is 0 Å². The summed E-state index contributed by atoms with van der Waals surface area (Å²) in [5.41, 5.74) is 1.49. The van der Waals surface area contributed by atoms with Gasteiger partial charge in [0, 0.05) is 38.3 Å². The normalized spacial score (nSPS) is 14.0. The fourth-order valence-electron chi connectivity index (χ4n) is 4.09. The lowest BCUT2D eigenvalue weighted by atomic mass is 10.1. The predicted octanol–water partition coefficient (Wildman–Crippen LogP) is 4.33. The van der Waals surface area contributed by atoms with E-state index in [1.54, 1.807) is 17.0 Å². The Bertz CT molecular complexity index is 1110. The zero-order valence-corrected chi connectivity index (χ0v) is 20.7. The number of nitrogens with zero attached hydrogens (tertiary/aromatic N) is 5. The van der Waals surface area contributed by atoms with Crippen LogP contribution in [0, 0.1) is 5.82 Å². The number of aromatic nitrogens is 2. The number of amides is 2. The Morgan fingerprint density at radius 1 is 1.03 bits per heavy atom. The van der Waals surface area contributed by atoms with E-state index in [9.17, 15) is 14.0 Å². The van der Waals surface area contributed by atoms with Crippen molar-refractivity contribution >= 4 is 29.0 Å². The molecule has 0 spiro atoms. The van der Waals surface area contributed by atoms with Gasteiger partial charge in [0.2, 0.25) is 5.91 Å². The SMILES string of the molecule is CCCCN(CC(=O)N1CCCN(c2ccc(-c3ccc(F)cc3)nn2)CC1)C(=O)c1cccs1. The van der Waals surface area contributed by atoms with Crippen molar-refractivity contribution in [3.8, 4) is 11.3 Å². The van der Waals surface area contributed by atoms with Gasteiger partial charge in [-0.05, 0) is 60.7 Å². The molecular formula is C26H30FN5O2S. The molecule has 9 heteroatoms. The molecule has 7 nitrogen and oxygen atoms in total. The van der Waals surface area contributed by atoms with Gasteiger partial charge < -0.3 is 14.7 Å². The molecule has 0 aliphatic carbocycles. The molecule has 0 radical (unpaired) electrons.